The van der Waals surface area contributed by atoms with E-state index in [0.717, 1.165) is 35.9 Å². The molecular weight excluding hydrogens is 238 g/mol. The molecule has 0 saturated carbocycles. The number of nitrogens with zero attached hydrogens (tertiary/aromatic N) is 4. The summed E-state index contributed by atoms with van der Waals surface area (Å²) in [6.45, 7) is 3.27. The van der Waals surface area contributed by atoms with Gasteiger partial charge in [0.15, 0.2) is 0 Å². The summed E-state index contributed by atoms with van der Waals surface area (Å²) >= 11 is 0. The molecular formula is C14H19N5. The van der Waals surface area contributed by atoms with Gasteiger partial charge >= 0.3 is 0 Å². The highest BCUT2D eigenvalue weighted by Gasteiger charge is 2.07. The van der Waals surface area contributed by atoms with Gasteiger partial charge in [0.05, 0.1) is 0 Å². The SMILES string of the molecule is Cc1nc(N(C)CCc2ccccn2)ncc1CN. The lowest BCUT2D eigenvalue weighted by Crippen LogP contribution is -2.23. The van der Waals surface area contributed by atoms with Gasteiger partial charge < -0.3 is 10.6 Å². The van der Waals surface area contributed by atoms with Crippen molar-refractivity contribution < 1.29 is 0 Å². The van der Waals surface area contributed by atoms with Crippen LogP contribution in [-0.4, -0.2) is 28.5 Å². The first-order valence-corrected chi connectivity index (χ1v) is 6.34. The Kier molecular flexibility index (Phi) is 4.41. The number of hydrogen-bond acceptors (Lipinski definition) is 5. The summed E-state index contributed by atoms with van der Waals surface area (Å²) in [5, 5.41) is 0. The van der Waals surface area contributed by atoms with Crippen LogP contribution in [0.25, 0.3) is 0 Å². The van der Waals surface area contributed by atoms with E-state index in [1.165, 1.54) is 0 Å². The van der Waals surface area contributed by atoms with Gasteiger partial charge in [0.25, 0.3) is 0 Å². The summed E-state index contributed by atoms with van der Waals surface area (Å²) < 4.78 is 0. The van der Waals surface area contributed by atoms with Gasteiger partial charge in [-0.2, -0.15) is 0 Å². The van der Waals surface area contributed by atoms with Crippen LogP contribution in [0.2, 0.25) is 0 Å². The van der Waals surface area contributed by atoms with Crippen LogP contribution in [0.4, 0.5) is 5.95 Å². The highest BCUT2D eigenvalue weighted by atomic mass is 15.2. The predicted octanol–water partition coefficient (Wildman–Crippen LogP) is 1.32. The molecule has 0 atom stereocenters. The number of hydrogen-bond donors (Lipinski definition) is 1. The van der Waals surface area contributed by atoms with Crippen LogP contribution in [0, 0.1) is 6.92 Å². The van der Waals surface area contributed by atoms with Gasteiger partial charge in [0.1, 0.15) is 0 Å². The van der Waals surface area contributed by atoms with E-state index in [1.807, 2.05) is 43.3 Å². The van der Waals surface area contributed by atoms with Gasteiger partial charge in [-0.25, -0.2) is 9.97 Å². The van der Waals surface area contributed by atoms with Crippen molar-refractivity contribution in [3.63, 3.8) is 0 Å². The molecule has 5 nitrogen and oxygen atoms in total. The Morgan fingerprint density at radius 3 is 2.74 bits per heavy atom. The lowest BCUT2D eigenvalue weighted by atomic mass is 10.2. The first kappa shape index (κ1) is 13.4. The molecule has 0 spiro atoms. The van der Waals surface area contributed by atoms with E-state index in [2.05, 4.69) is 15.0 Å². The van der Waals surface area contributed by atoms with Gasteiger partial charge in [-0.1, -0.05) is 6.07 Å². The number of anilines is 1. The molecule has 0 fully saturated rings. The quantitative estimate of drug-likeness (QED) is 0.875. The van der Waals surface area contributed by atoms with Crippen LogP contribution in [0.3, 0.4) is 0 Å². The molecule has 5 heteroatoms. The van der Waals surface area contributed by atoms with E-state index >= 15 is 0 Å². The van der Waals surface area contributed by atoms with Crippen LogP contribution in [0.1, 0.15) is 17.0 Å². The van der Waals surface area contributed by atoms with Crippen LogP contribution < -0.4 is 10.6 Å². The molecule has 0 saturated heterocycles. The Bertz CT molecular complexity index is 527. The predicted molar refractivity (Wildman–Crippen MR) is 75.9 cm³/mol. The van der Waals surface area contributed by atoms with Gasteiger partial charge in [-0.05, 0) is 19.1 Å². The molecule has 0 amide bonds. The maximum Gasteiger partial charge on any atom is 0.225 e. The zero-order valence-corrected chi connectivity index (χ0v) is 11.4. The van der Waals surface area contributed by atoms with Crippen molar-refractivity contribution in [2.24, 2.45) is 5.73 Å². The molecule has 0 radical (unpaired) electrons. The Balaban J connectivity index is 2.00. The topological polar surface area (TPSA) is 67.9 Å². The van der Waals surface area contributed by atoms with Crippen LogP contribution in [-0.2, 0) is 13.0 Å². The number of aromatic nitrogens is 3. The third-order valence-electron chi connectivity index (χ3n) is 3.06. The minimum Gasteiger partial charge on any atom is -0.343 e. The maximum absolute atomic E-state index is 5.61. The highest BCUT2D eigenvalue weighted by molar-refractivity contribution is 5.32. The second-order valence-electron chi connectivity index (χ2n) is 4.48. The number of likely N-dealkylation sites (N-methyl/N-ethyl adjacent to an activating group) is 1. The first-order chi connectivity index (χ1) is 9.20. The Morgan fingerprint density at radius 1 is 1.26 bits per heavy atom. The fraction of sp³-hybridized carbons (Fsp3) is 0.357. The van der Waals surface area contributed by atoms with Crippen molar-refractivity contribution in [3.8, 4) is 0 Å². The second kappa shape index (κ2) is 6.24. The summed E-state index contributed by atoms with van der Waals surface area (Å²) in [7, 11) is 1.99. The number of pyridine rings is 1. The van der Waals surface area contributed by atoms with E-state index in [1.54, 1.807) is 6.20 Å². The fourth-order valence-electron chi connectivity index (χ4n) is 1.79. The number of rotatable bonds is 5. The first-order valence-electron chi connectivity index (χ1n) is 6.34. The summed E-state index contributed by atoms with van der Waals surface area (Å²) in [6, 6.07) is 5.95. The zero-order chi connectivity index (χ0) is 13.7. The van der Waals surface area contributed by atoms with E-state index in [4.69, 9.17) is 5.73 Å². The maximum atomic E-state index is 5.61. The average Bonchev–Trinajstić information content (AvgIpc) is 2.45. The average molecular weight is 257 g/mol. The second-order valence-corrected chi connectivity index (χ2v) is 4.48. The molecule has 19 heavy (non-hydrogen) atoms. The Labute approximate surface area is 113 Å². The molecule has 0 aliphatic heterocycles. The Hall–Kier alpha value is -2.01. The van der Waals surface area contributed by atoms with E-state index in [-0.39, 0.29) is 0 Å². The standard InChI is InChI=1S/C14H19N5/c1-11-12(9-15)10-17-14(18-11)19(2)8-6-13-5-3-4-7-16-13/h3-5,7,10H,6,8-9,15H2,1-2H3. The Morgan fingerprint density at radius 2 is 2.11 bits per heavy atom. The summed E-state index contributed by atoms with van der Waals surface area (Å²) in [5.41, 5.74) is 8.61. The highest BCUT2D eigenvalue weighted by Crippen LogP contribution is 2.10. The summed E-state index contributed by atoms with van der Waals surface area (Å²) in [6.07, 6.45) is 4.49. The third-order valence-corrected chi connectivity index (χ3v) is 3.06. The third kappa shape index (κ3) is 3.48. The number of aryl methyl sites for hydroxylation is 1. The molecule has 2 heterocycles. The van der Waals surface area contributed by atoms with Crippen LogP contribution in [0.5, 0.6) is 0 Å². The van der Waals surface area contributed by atoms with Crippen molar-refractivity contribution in [2.75, 3.05) is 18.5 Å². The van der Waals surface area contributed by atoms with Gasteiger partial charge in [-0.15, -0.1) is 0 Å². The smallest absolute Gasteiger partial charge is 0.225 e. The molecule has 2 aromatic heterocycles. The lowest BCUT2D eigenvalue weighted by molar-refractivity contribution is 0.811. The largest absolute Gasteiger partial charge is 0.343 e. The molecule has 2 aromatic rings. The van der Waals surface area contributed by atoms with Crippen molar-refractivity contribution in [3.05, 3.63) is 47.5 Å². The lowest BCUT2D eigenvalue weighted by Gasteiger charge is -2.17. The zero-order valence-electron chi connectivity index (χ0n) is 11.4. The molecule has 0 unspecified atom stereocenters. The molecule has 2 N–H and O–H groups in total. The van der Waals surface area contributed by atoms with E-state index in [9.17, 15) is 0 Å². The van der Waals surface area contributed by atoms with Gasteiger partial charge in [0, 0.05) is 55.9 Å². The molecule has 100 valence electrons. The van der Waals surface area contributed by atoms with Crippen molar-refractivity contribution >= 4 is 5.95 Å². The molecule has 0 aliphatic carbocycles. The molecule has 2 rings (SSSR count). The van der Waals surface area contributed by atoms with Crippen molar-refractivity contribution in [2.45, 2.75) is 19.9 Å². The van der Waals surface area contributed by atoms with Crippen molar-refractivity contribution in [1.82, 2.24) is 15.0 Å². The summed E-state index contributed by atoms with van der Waals surface area (Å²) in [5.74, 6) is 0.727. The molecule has 0 aliphatic rings. The fourth-order valence-corrected chi connectivity index (χ4v) is 1.79. The molecule has 0 aromatic carbocycles. The van der Waals surface area contributed by atoms with Crippen LogP contribution >= 0.6 is 0 Å². The van der Waals surface area contributed by atoms with E-state index in [0.29, 0.717) is 6.54 Å². The monoisotopic (exact) mass is 257 g/mol. The normalized spacial score (nSPS) is 10.5. The van der Waals surface area contributed by atoms with Crippen molar-refractivity contribution in [1.29, 1.82) is 0 Å². The minimum absolute atomic E-state index is 0.476. The number of nitrogens with two attached hydrogens (primary N) is 1. The van der Waals surface area contributed by atoms with Gasteiger partial charge in [-0.3, -0.25) is 4.98 Å². The van der Waals surface area contributed by atoms with Crippen LogP contribution in [0.15, 0.2) is 30.6 Å². The summed E-state index contributed by atoms with van der Waals surface area (Å²) in [4.78, 5) is 15.1. The van der Waals surface area contributed by atoms with Gasteiger partial charge in [0.2, 0.25) is 5.95 Å². The molecule has 0 bridgehead atoms. The van der Waals surface area contributed by atoms with E-state index < -0.39 is 0 Å². The minimum atomic E-state index is 0.476.